The van der Waals surface area contributed by atoms with Crippen molar-refractivity contribution in [1.29, 1.82) is 0 Å². The van der Waals surface area contributed by atoms with Gasteiger partial charge in [0.25, 0.3) is 0 Å². The van der Waals surface area contributed by atoms with Gasteiger partial charge in [-0.25, -0.2) is 0 Å². The summed E-state index contributed by atoms with van der Waals surface area (Å²) in [5, 5.41) is 17.2. The van der Waals surface area contributed by atoms with Crippen molar-refractivity contribution in [3.8, 4) is 5.75 Å². The summed E-state index contributed by atoms with van der Waals surface area (Å²) in [6.45, 7) is 1.04. The van der Waals surface area contributed by atoms with Crippen LogP contribution in [0.2, 0.25) is 0 Å². The van der Waals surface area contributed by atoms with Crippen LogP contribution in [0.3, 0.4) is 0 Å². The molecular formula is C20H22F2N4O3. The van der Waals surface area contributed by atoms with Crippen LogP contribution in [-0.4, -0.2) is 45.0 Å². The number of pyridine rings is 1. The zero-order chi connectivity index (χ0) is 21.0. The third-order valence-electron chi connectivity index (χ3n) is 4.29. The van der Waals surface area contributed by atoms with Gasteiger partial charge in [-0.15, -0.1) is 0 Å². The lowest BCUT2D eigenvalue weighted by atomic mass is 10.1. The highest BCUT2D eigenvalue weighted by Crippen LogP contribution is 2.22. The van der Waals surface area contributed by atoms with Crippen LogP contribution in [0.25, 0.3) is 10.9 Å². The minimum Gasteiger partial charge on any atom is -0.435 e. The van der Waals surface area contributed by atoms with E-state index in [4.69, 9.17) is 0 Å². The average Bonchev–Trinajstić information content (AvgIpc) is 3.05. The summed E-state index contributed by atoms with van der Waals surface area (Å²) < 4.78 is 31.0. The molecule has 1 atom stereocenters. The molecular weight excluding hydrogens is 382 g/mol. The average molecular weight is 404 g/mol. The number of carbonyl (C=O) groups is 1. The van der Waals surface area contributed by atoms with Crippen molar-refractivity contribution >= 4 is 16.8 Å². The fourth-order valence-corrected chi connectivity index (χ4v) is 2.97. The second kappa shape index (κ2) is 8.95. The molecule has 29 heavy (non-hydrogen) atoms. The third kappa shape index (κ3) is 5.47. The Morgan fingerprint density at radius 3 is 2.83 bits per heavy atom. The van der Waals surface area contributed by atoms with Crippen LogP contribution in [0.4, 0.5) is 8.78 Å². The van der Waals surface area contributed by atoms with Gasteiger partial charge < -0.3 is 15.2 Å². The number of carbonyl (C=O) groups excluding carboxylic acids is 1. The van der Waals surface area contributed by atoms with Crippen molar-refractivity contribution in [3.05, 3.63) is 53.5 Å². The van der Waals surface area contributed by atoms with E-state index >= 15 is 0 Å². The van der Waals surface area contributed by atoms with Gasteiger partial charge >= 0.3 is 6.61 Å². The van der Waals surface area contributed by atoms with Crippen LogP contribution in [0.5, 0.6) is 5.75 Å². The zero-order valence-electron chi connectivity index (χ0n) is 16.1. The van der Waals surface area contributed by atoms with Gasteiger partial charge in [-0.05, 0) is 37.1 Å². The van der Waals surface area contributed by atoms with E-state index in [0.717, 1.165) is 10.9 Å². The highest BCUT2D eigenvalue weighted by Gasteiger charge is 2.13. The number of nitrogens with one attached hydrogen (secondary N) is 1. The van der Waals surface area contributed by atoms with Crippen LogP contribution in [0.1, 0.15) is 23.7 Å². The molecule has 154 valence electrons. The Morgan fingerprint density at radius 1 is 1.34 bits per heavy atom. The van der Waals surface area contributed by atoms with E-state index in [1.54, 1.807) is 49.1 Å². The standard InChI is InChI=1S/C20H22F2N4O3/c1-12-7-14(3-4-18(12)29-20(21)22)10-26-11-15-16(25-26)5-6-23-17(15)8-19(28)24-9-13(2)27/h3-7,11,13,20,27H,8-10H2,1-2H3,(H,24,28)/t13-/m0/s1. The van der Waals surface area contributed by atoms with Crippen LogP contribution in [0.15, 0.2) is 36.7 Å². The minimum atomic E-state index is -2.86. The van der Waals surface area contributed by atoms with Crippen molar-refractivity contribution in [1.82, 2.24) is 20.1 Å². The normalized spacial score (nSPS) is 12.3. The molecule has 0 bridgehead atoms. The molecule has 2 aromatic heterocycles. The molecule has 0 aliphatic carbocycles. The molecule has 1 amide bonds. The molecule has 0 fully saturated rings. The minimum absolute atomic E-state index is 0.0779. The Hall–Kier alpha value is -3.07. The Labute approximate surface area is 166 Å². The molecule has 1 aromatic carbocycles. The molecule has 3 aromatic rings. The number of ether oxygens (including phenoxy) is 1. The molecule has 3 rings (SSSR count). The molecule has 9 heteroatoms. The molecule has 0 radical (unpaired) electrons. The van der Waals surface area contributed by atoms with Crippen molar-refractivity contribution < 1.29 is 23.4 Å². The first-order chi connectivity index (χ1) is 13.8. The molecule has 7 nitrogen and oxygen atoms in total. The fraction of sp³-hybridized carbons (Fsp3) is 0.350. The zero-order valence-corrected chi connectivity index (χ0v) is 16.1. The SMILES string of the molecule is Cc1cc(Cn2cc3c(CC(=O)NC[C@H](C)O)nccc3n2)ccc1OC(F)F. The van der Waals surface area contributed by atoms with Crippen molar-refractivity contribution in [3.63, 3.8) is 0 Å². The summed E-state index contributed by atoms with van der Waals surface area (Å²) in [7, 11) is 0. The number of rotatable bonds is 8. The summed E-state index contributed by atoms with van der Waals surface area (Å²) in [5.41, 5.74) is 2.78. The second-order valence-electron chi connectivity index (χ2n) is 6.83. The number of alkyl halides is 2. The Bertz CT molecular complexity index is 1000. The van der Waals surface area contributed by atoms with Gasteiger partial charge in [0.15, 0.2) is 0 Å². The van der Waals surface area contributed by atoms with Gasteiger partial charge in [0.2, 0.25) is 5.91 Å². The van der Waals surface area contributed by atoms with Crippen LogP contribution >= 0.6 is 0 Å². The van der Waals surface area contributed by atoms with E-state index in [1.165, 1.54) is 6.07 Å². The lowest BCUT2D eigenvalue weighted by molar-refractivity contribution is -0.120. The van der Waals surface area contributed by atoms with E-state index < -0.39 is 12.7 Å². The molecule has 0 unspecified atom stereocenters. The first kappa shape index (κ1) is 20.7. The third-order valence-corrected chi connectivity index (χ3v) is 4.29. The van der Waals surface area contributed by atoms with E-state index in [2.05, 4.69) is 20.1 Å². The highest BCUT2D eigenvalue weighted by atomic mass is 19.3. The summed E-state index contributed by atoms with van der Waals surface area (Å²) >= 11 is 0. The van der Waals surface area contributed by atoms with Gasteiger partial charge in [0, 0.05) is 24.3 Å². The van der Waals surface area contributed by atoms with E-state index in [9.17, 15) is 18.7 Å². The lowest BCUT2D eigenvalue weighted by Crippen LogP contribution is -2.31. The van der Waals surface area contributed by atoms with Gasteiger partial charge in [0.05, 0.1) is 30.3 Å². The maximum Gasteiger partial charge on any atom is 0.387 e. The molecule has 2 N–H and O–H groups in total. The Kier molecular flexibility index (Phi) is 6.38. The number of fused-ring (bicyclic) bond motifs is 1. The van der Waals surface area contributed by atoms with Crippen molar-refractivity contribution in [2.45, 2.75) is 39.5 Å². The second-order valence-corrected chi connectivity index (χ2v) is 6.83. The maximum atomic E-state index is 12.4. The maximum absolute atomic E-state index is 12.4. The monoisotopic (exact) mass is 404 g/mol. The fourth-order valence-electron chi connectivity index (χ4n) is 2.97. The number of amides is 1. The van der Waals surface area contributed by atoms with Gasteiger partial charge in [-0.3, -0.25) is 14.5 Å². The number of halogens is 2. The largest absolute Gasteiger partial charge is 0.435 e. The predicted octanol–water partition coefficient (Wildman–Crippen LogP) is 2.43. The summed E-state index contributed by atoms with van der Waals surface area (Å²) in [4.78, 5) is 16.3. The summed E-state index contributed by atoms with van der Waals surface area (Å²) in [5.74, 6) is -0.0898. The van der Waals surface area contributed by atoms with Crippen LogP contribution in [-0.2, 0) is 17.8 Å². The van der Waals surface area contributed by atoms with Crippen LogP contribution in [0, 0.1) is 6.92 Å². The first-order valence-corrected chi connectivity index (χ1v) is 9.12. The summed E-state index contributed by atoms with van der Waals surface area (Å²) in [6.07, 6.45) is 2.86. The number of benzene rings is 1. The Morgan fingerprint density at radius 2 is 2.14 bits per heavy atom. The molecule has 0 aliphatic rings. The van der Waals surface area contributed by atoms with Gasteiger partial charge in [-0.1, -0.05) is 12.1 Å². The number of hydrogen-bond donors (Lipinski definition) is 2. The van der Waals surface area contributed by atoms with Crippen LogP contribution < -0.4 is 10.1 Å². The molecule has 0 spiro atoms. The predicted molar refractivity (Wildman–Crippen MR) is 103 cm³/mol. The number of hydrogen-bond acceptors (Lipinski definition) is 5. The van der Waals surface area contributed by atoms with Crippen molar-refractivity contribution in [2.24, 2.45) is 0 Å². The lowest BCUT2D eigenvalue weighted by Gasteiger charge is -2.09. The van der Waals surface area contributed by atoms with Gasteiger partial charge in [0.1, 0.15) is 5.75 Å². The molecule has 0 saturated heterocycles. The molecule has 0 saturated carbocycles. The topological polar surface area (TPSA) is 89.3 Å². The number of aliphatic hydroxyl groups is 1. The number of aromatic nitrogens is 3. The van der Waals surface area contributed by atoms with Crippen molar-refractivity contribution in [2.75, 3.05) is 6.54 Å². The van der Waals surface area contributed by atoms with E-state index in [1.807, 2.05) is 0 Å². The number of aryl methyl sites for hydroxylation is 1. The smallest absolute Gasteiger partial charge is 0.387 e. The molecule has 2 heterocycles. The summed E-state index contributed by atoms with van der Waals surface area (Å²) in [6, 6.07) is 6.75. The number of aliphatic hydroxyl groups excluding tert-OH is 1. The van der Waals surface area contributed by atoms with E-state index in [0.29, 0.717) is 23.3 Å². The quantitative estimate of drug-likeness (QED) is 0.602. The van der Waals surface area contributed by atoms with Gasteiger partial charge in [-0.2, -0.15) is 13.9 Å². The number of nitrogens with zero attached hydrogens (tertiary/aromatic N) is 3. The Balaban J connectivity index is 1.76. The molecule has 0 aliphatic heterocycles. The highest BCUT2D eigenvalue weighted by molar-refractivity contribution is 5.86. The first-order valence-electron chi connectivity index (χ1n) is 9.12. The van der Waals surface area contributed by atoms with E-state index in [-0.39, 0.29) is 24.6 Å².